The van der Waals surface area contributed by atoms with Gasteiger partial charge in [-0.1, -0.05) is 78.7 Å². The minimum Gasteiger partial charge on any atom is -0.444 e. The van der Waals surface area contributed by atoms with Gasteiger partial charge in [0.15, 0.2) is 6.10 Å². The zero-order chi connectivity index (χ0) is 20.9. The van der Waals surface area contributed by atoms with E-state index in [-0.39, 0.29) is 11.8 Å². The molecule has 30 heavy (non-hydrogen) atoms. The third kappa shape index (κ3) is 4.16. The molecule has 152 valence electrons. The van der Waals surface area contributed by atoms with Crippen LogP contribution in [-0.2, 0) is 20.9 Å². The summed E-state index contributed by atoms with van der Waals surface area (Å²) < 4.78 is 5.70. The van der Waals surface area contributed by atoms with E-state index in [9.17, 15) is 9.59 Å². The number of benzene rings is 2. The number of terminal acetylenes is 1. The van der Waals surface area contributed by atoms with Crippen LogP contribution < -0.4 is 0 Å². The van der Waals surface area contributed by atoms with Gasteiger partial charge in [0.25, 0.3) is 0 Å². The van der Waals surface area contributed by atoms with Crippen molar-refractivity contribution in [1.29, 1.82) is 0 Å². The number of rotatable bonds is 5. The highest BCUT2D eigenvalue weighted by atomic mass is 16.5. The van der Waals surface area contributed by atoms with Gasteiger partial charge in [0.05, 0.1) is 11.8 Å². The zero-order valence-corrected chi connectivity index (χ0v) is 16.8. The van der Waals surface area contributed by atoms with Crippen molar-refractivity contribution in [1.82, 2.24) is 4.90 Å². The average Bonchev–Trinajstić information content (AvgIpc) is 2.80. The number of allylic oxidation sites excluding steroid dienone is 2. The molecule has 1 unspecified atom stereocenters. The average molecular weight is 399 g/mol. The predicted molar refractivity (Wildman–Crippen MR) is 115 cm³/mol. The second-order valence-corrected chi connectivity index (χ2v) is 7.89. The topological polar surface area (TPSA) is 46.6 Å². The van der Waals surface area contributed by atoms with E-state index in [1.54, 1.807) is 0 Å². The van der Waals surface area contributed by atoms with E-state index in [1.165, 1.54) is 0 Å². The van der Waals surface area contributed by atoms with Crippen molar-refractivity contribution in [3.8, 4) is 12.3 Å². The number of fused-ring (bicyclic) bond motifs is 1. The fraction of sp³-hybridized carbons (Fsp3) is 0.308. The molecule has 4 rings (SSSR count). The molecule has 2 aliphatic rings. The fourth-order valence-corrected chi connectivity index (χ4v) is 4.45. The maximum absolute atomic E-state index is 13.3. The summed E-state index contributed by atoms with van der Waals surface area (Å²) in [4.78, 5) is 28.3. The molecule has 4 atom stereocenters. The van der Waals surface area contributed by atoms with E-state index in [1.807, 2.05) is 71.6 Å². The number of amides is 1. The summed E-state index contributed by atoms with van der Waals surface area (Å²) >= 11 is 0. The Morgan fingerprint density at radius 3 is 2.53 bits per heavy atom. The lowest BCUT2D eigenvalue weighted by Gasteiger charge is -2.41. The summed E-state index contributed by atoms with van der Waals surface area (Å²) in [7, 11) is 0. The first kappa shape index (κ1) is 20.0. The van der Waals surface area contributed by atoms with Crippen LogP contribution in [0.2, 0.25) is 0 Å². The molecule has 1 saturated heterocycles. The van der Waals surface area contributed by atoms with Crippen LogP contribution in [0.5, 0.6) is 0 Å². The normalized spacial score (nSPS) is 23.9. The summed E-state index contributed by atoms with van der Waals surface area (Å²) in [5.74, 6) is 1.35. The first-order valence-corrected chi connectivity index (χ1v) is 10.4. The molecular formula is C26H25NO3. The number of nitrogens with zero attached hydrogens (tertiary/aromatic N) is 1. The number of hydrogen-bond donors (Lipinski definition) is 0. The molecule has 1 heterocycles. The molecule has 2 aromatic carbocycles. The molecule has 0 spiro atoms. The second-order valence-electron chi connectivity index (χ2n) is 7.89. The molecule has 0 bridgehead atoms. The number of carbonyl (C=O) groups excluding carboxylic acids is 2. The Kier molecular flexibility index (Phi) is 5.99. The van der Waals surface area contributed by atoms with Gasteiger partial charge < -0.3 is 9.64 Å². The minimum atomic E-state index is -0.748. The quantitative estimate of drug-likeness (QED) is 0.431. The highest BCUT2D eigenvalue weighted by molar-refractivity contribution is 5.87. The minimum absolute atomic E-state index is 0.0263. The molecular weight excluding hydrogens is 374 g/mol. The van der Waals surface area contributed by atoms with Crippen LogP contribution in [0.15, 0.2) is 72.8 Å². The van der Waals surface area contributed by atoms with Gasteiger partial charge in [0.1, 0.15) is 0 Å². The third-order valence-electron chi connectivity index (χ3n) is 6.00. The predicted octanol–water partition coefficient (Wildman–Crippen LogP) is 4.15. The van der Waals surface area contributed by atoms with Gasteiger partial charge in [-0.25, -0.2) is 0 Å². The van der Waals surface area contributed by atoms with Crippen LogP contribution >= 0.6 is 0 Å². The van der Waals surface area contributed by atoms with E-state index in [0.717, 1.165) is 17.5 Å². The number of piperidine rings is 1. The Hall–Kier alpha value is -3.32. The van der Waals surface area contributed by atoms with Gasteiger partial charge in [0, 0.05) is 18.7 Å². The summed E-state index contributed by atoms with van der Waals surface area (Å²) in [5, 5.41) is 0. The van der Waals surface area contributed by atoms with E-state index in [2.05, 4.69) is 12.0 Å². The Labute approximate surface area is 177 Å². The lowest BCUT2D eigenvalue weighted by Crippen LogP contribution is -2.50. The van der Waals surface area contributed by atoms with Gasteiger partial charge in [-0.2, -0.15) is 0 Å². The Bertz CT molecular complexity index is 961. The molecule has 4 heteroatoms. The number of hydrogen-bond acceptors (Lipinski definition) is 3. The molecule has 2 aromatic rings. The smallest absolute Gasteiger partial charge is 0.311 e. The third-order valence-corrected chi connectivity index (χ3v) is 6.00. The Morgan fingerprint density at radius 1 is 1.13 bits per heavy atom. The zero-order valence-electron chi connectivity index (χ0n) is 16.8. The first-order valence-electron chi connectivity index (χ1n) is 10.4. The highest BCUT2D eigenvalue weighted by Crippen LogP contribution is 2.39. The van der Waals surface area contributed by atoms with Crippen LogP contribution in [0.25, 0.3) is 0 Å². The van der Waals surface area contributed by atoms with Crippen LogP contribution in [-0.4, -0.2) is 23.3 Å². The van der Waals surface area contributed by atoms with Crippen LogP contribution in [0.4, 0.5) is 0 Å². The van der Waals surface area contributed by atoms with Crippen molar-refractivity contribution >= 4 is 11.9 Å². The van der Waals surface area contributed by atoms with Crippen molar-refractivity contribution in [3.05, 3.63) is 83.9 Å². The molecule has 0 radical (unpaired) electrons. The van der Waals surface area contributed by atoms with Crippen molar-refractivity contribution in [3.63, 3.8) is 0 Å². The fourth-order valence-electron chi connectivity index (χ4n) is 4.45. The Balaban J connectivity index is 1.50. The van der Waals surface area contributed by atoms with Crippen LogP contribution in [0.3, 0.4) is 0 Å². The van der Waals surface area contributed by atoms with Crippen molar-refractivity contribution in [2.24, 2.45) is 17.8 Å². The Morgan fingerprint density at radius 2 is 1.83 bits per heavy atom. The van der Waals surface area contributed by atoms with E-state index >= 15 is 0 Å². The first-order chi connectivity index (χ1) is 14.7. The van der Waals surface area contributed by atoms with Crippen LogP contribution in [0, 0.1) is 30.1 Å². The summed E-state index contributed by atoms with van der Waals surface area (Å²) in [6, 6.07) is 19.2. The monoisotopic (exact) mass is 399 g/mol. The second kappa shape index (κ2) is 9.00. The van der Waals surface area contributed by atoms with E-state index in [4.69, 9.17) is 11.2 Å². The molecule has 4 nitrogen and oxygen atoms in total. The van der Waals surface area contributed by atoms with Crippen molar-refractivity contribution in [2.45, 2.75) is 25.5 Å². The molecule has 0 N–H and O–H groups in total. The summed E-state index contributed by atoms with van der Waals surface area (Å²) in [6.07, 6.45) is 10.3. The lowest BCUT2D eigenvalue weighted by atomic mass is 9.71. The number of esters is 1. The molecule has 1 aliphatic carbocycles. The number of likely N-dealkylation sites (tertiary alicyclic amines) is 1. The van der Waals surface area contributed by atoms with Crippen LogP contribution in [0.1, 0.15) is 30.1 Å². The molecule has 1 fully saturated rings. The number of ether oxygens (including phenoxy) is 1. The van der Waals surface area contributed by atoms with E-state index < -0.39 is 23.9 Å². The maximum Gasteiger partial charge on any atom is 0.311 e. The molecule has 0 aromatic heterocycles. The van der Waals surface area contributed by atoms with Crippen molar-refractivity contribution in [2.75, 3.05) is 6.54 Å². The molecule has 1 aliphatic heterocycles. The SMILES string of the molecule is C#CC(OC(=O)[C@H]1CC=C[C@H]2CCN(Cc3ccccc3)C(=O)[C@@H]12)c1ccccc1. The van der Waals surface area contributed by atoms with Gasteiger partial charge in [-0.05, 0) is 24.3 Å². The largest absolute Gasteiger partial charge is 0.444 e. The summed E-state index contributed by atoms with van der Waals surface area (Å²) in [5.41, 5.74) is 1.85. The molecule has 0 saturated carbocycles. The van der Waals surface area contributed by atoms with Gasteiger partial charge in [-0.3, -0.25) is 9.59 Å². The lowest BCUT2D eigenvalue weighted by molar-refractivity contribution is -0.161. The van der Waals surface area contributed by atoms with Gasteiger partial charge >= 0.3 is 5.97 Å². The number of carbonyl (C=O) groups is 2. The van der Waals surface area contributed by atoms with Gasteiger partial charge in [0.2, 0.25) is 5.91 Å². The standard InChI is InChI=1S/C26H25NO3/c1-2-23(20-12-7-4-8-13-20)30-26(29)22-15-9-14-21-16-17-27(25(28)24(21)22)18-19-10-5-3-6-11-19/h1,3-14,21-24H,15-18H2/t21-,22-,23?,24+/m0/s1. The van der Waals surface area contributed by atoms with Gasteiger partial charge in [-0.15, -0.1) is 6.42 Å². The van der Waals surface area contributed by atoms with Crippen molar-refractivity contribution < 1.29 is 14.3 Å². The highest BCUT2D eigenvalue weighted by Gasteiger charge is 2.45. The maximum atomic E-state index is 13.3. The molecule has 1 amide bonds. The summed E-state index contributed by atoms with van der Waals surface area (Å²) in [6.45, 7) is 1.25. The van der Waals surface area contributed by atoms with E-state index in [0.29, 0.717) is 19.5 Å².